The van der Waals surface area contributed by atoms with Crippen molar-refractivity contribution in [2.24, 2.45) is 0 Å². The van der Waals surface area contributed by atoms with Gasteiger partial charge in [0.25, 0.3) is 0 Å². The monoisotopic (exact) mass is 549 g/mol. The molecule has 0 aromatic carbocycles. The van der Waals surface area contributed by atoms with Crippen molar-refractivity contribution in [3.63, 3.8) is 0 Å². The second kappa shape index (κ2) is 10.1. The summed E-state index contributed by atoms with van der Waals surface area (Å²) in [5, 5.41) is 10.5. The Morgan fingerprint density at radius 2 is 1.66 bits per heavy atom. The Morgan fingerprint density at radius 3 is 2.17 bits per heavy atom. The van der Waals surface area contributed by atoms with E-state index < -0.39 is 19.8 Å². The molecule has 162 valence electrons. The summed E-state index contributed by atoms with van der Waals surface area (Å²) in [4.78, 5) is 23.9. The lowest BCUT2D eigenvalue weighted by molar-refractivity contribution is 0.0508. The number of nitrogens with zero attached hydrogens (tertiary/aromatic N) is 4. The number of aromatic nitrogens is 4. The fourth-order valence-electron chi connectivity index (χ4n) is 2.05. The maximum absolute atomic E-state index is 11.3. The number of alkyl halides is 6. The zero-order chi connectivity index (χ0) is 21.8. The van der Waals surface area contributed by atoms with Gasteiger partial charge in [0, 0.05) is 19.2 Å². The molecule has 2 aromatic heterocycles. The molecule has 1 N–H and O–H groups in total. The van der Waals surface area contributed by atoms with Crippen LogP contribution in [0.5, 0.6) is 0 Å². The average molecular weight is 552 g/mol. The minimum absolute atomic E-state index is 0.294. The van der Waals surface area contributed by atoms with Crippen LogP contribution in [-0.2, 0) is 14.2 Å². The quantitative estimate of drug-likeness (QED) is 0.421. The fraction of sp³-hybridized carbons (Fsp3) is 0.500. The van der Waals surface area contributed by atoms with Crippen molar-refractivity contribution >= 4 is 98.7 Å². The van der Waals surface area contributed by atoms with E-state index in [0.29, 0.717) is 24.0 Å². The first-order valence-corrected chi connectivity index (χ1v) is 10.0. The Morgan fingerprint density at radius 1 is 1.10 bits per heavy atom. The Kier molecular flexibility index (Phi) is 8.63. The van der Waals surface area contributed by atoms with Crippen LogP contribution in [0.15, 0.2) is 10.9 Å². The highest BCUT2D eigenvalue weighted by atomic mass is 35.6. The third-order valence-corrected chi connectivity index (χ3v) is 3.82. The highest BCUT2D eigenvalue weighted by Crippen LogP contribution is 2.32. The number of nitrogens with one attached hydrogen (secondary N) is 1. The van der Waals surface area contributed by atoms with Crippen molar-refractivity contribution in [2.75, 3.05) is 31.2 Å². The van der Waals surface area contributed by atoms with Gasteiger partial charge in [0.1, 0.15) is 0 Å². The Labute approximate surface area is 197 Å². The molecule has 1 aliphatic rings. The minimum Gasteiger partial charge on any atom is -0.382 e. The molecule has 0 saturated carbocycles. The number of aromatic amines is 1. The van der Waals surface area contributed by atoms with Crippen LogP contribution in [0.4, 0.5) is 10.5 Å². The number of carbonyl (C=O) groups is 1. The fourth-order valence-corrected chi connectivity index (χ4v) is 2.68. The van der Waals surface area contributed by atoms with Gasteiger partial charge >= 0.3 is 19.8 Å². The predicted octanol–water partition coefficient (Wildman–Crippen LogP) is 3.70. The van der Waals surface area contributed by atoms with Gasteiger partial charge in [-0.1, -0.05) is 11.6 Å². The van der Waals surface area contributed by atoms with Crippen LogP contribution in [-0.4, -0.2) is 60.2 Å². The van der Waals surface area contributed by atoms with E-state index in [-0.39, 0.29) is 0 Å². The smallest absolute Gasteiger partial charge is 0.382 e. The number of morpholine rings is 1. The average Bonchev–Trinajstić information content (AvgIpc) is 2.92. The Bertz CT molecular complexity index is 885. The molecule has 10 nitrogen and oxygen atoms in total. The van der Waals surface area contributed by atoms with Gasteiger partial charge < -0.3 is 19.1 Å². The van der Waals surface area contributed by atoms with Gasteiger partial charge in [0.15, 0.2) is 10.8 Å². The molecule has 0 amide bonds. The van der Waals surface area contributed by atoms with Gasteiger partial charge in [-0.15, -0.1) is 5.10 Å². The number of hydrogen-bond acceptors (Lipinski definition) is 8. The van der Waals surface area contributed by atoms with E-state index in [9.17, 15) is 9.59 Å². The lowest BCUT2D eigenvalue weighted by atomic mass is 10.3. The molecule has 0 radical (unpaired) electrons. The SMILES string of the molecule is O=C(OC(Cl)(Cl)Cl)OC(Cl)(Cl)Cl.O=c1[nH]nc2cc(N3CCOCC3)c(Cl)nn12. The van der Waals surface area contributed by atoms with Gasteiger partial charge in [-0.25, -0.2) is 14.7 Å². The first-order valence-electron chi connectivity index (χ1n) is 7.38. The van der Waals surface area contributed by atoms with Crippen molar-refractivity contribution < 1.29 is 19.0 Å². The number of carbonyl (C=O) groups excluding carboxylic acids is 1. The lowest BCUT2D eigenvalue weighted by Gasteiger charge is -2.28. The number of H-pyrrole nitrogens is 1. The van der Waals surface area contributed by atoms with Crippen LogP contribution in [0.2, 0.25) is 5.15 Å². The number of fused-ring (bicyclic) bond motifs is 1. The van der Waals surface area contributed by atoms with E-state index >= 15 is 0 Å². The molecule has 0 aliphatic carbocycles. The summed E-state index contributed by atoms with van der Waals surface area (Å²) in [7, 11) is 0. The standard InChI is InChI=1S/C9H10ClN5O2.C3Cl6O3/c10-8-6(14-1-3-17-4-2-14)5-7-11-12-9(16)15(7)13-8;4-2(5,6)11-1(10)12-3(7,8)9/h5H,1-4H2,(H,12,16);. The van der Waals surface area contributed by atoms with Crippen molar-refractivity contribution in [1.29, 1.82) is 0 Å². The van der Waals surface area contributed by atoms with Gasteiger partial charge in [-0.05, 0) is 69.6 Å². The molecule has 1 saturated heterocycles. The molecule has 0 unspecified atom stereocenters. The van der Waals surface area contributed by atoms with Crippen molar-refractivity contribution in [2.45, 2.75) is 7.96 Å². The van der Waals surface area contributed by atoms with Crippen LogP contribution >= 0.6 is 81.2 Å². The molecule has 1 fully saturated rings. The molecular formula is C12H10Cl7N5O5. The number of hydrogen-bond donors (Lipinski definition) is 1. The molecule has 0 spiro atoms. The van der Waals surface area contributed by atoms with Gasteiger partial charge in [-0.3, -0.25) is 0 Å². The largest absolute Gasteiger partial charge is 0.515 e. The highest BCUT2D eigenvalue weighted by Gasteiger charge is 2.32. The molecule has 3 rings (SSSR count). The van der Waals surface area contributed by atoms with Crippen LogP contribution in [0.25, 0.3) is 5.65 Å². The summed E-state index contributed by atoms with van der Waals surface area (Å²) in [5.41, 5.74) is 0.845. The molecule has 2 aromatic rings. The normalized spacial score (nSPS) is 14.9. The first-order chi connectivity index (χ1) is 13.4. The summed E-state index contributed by atoms with van der Waals surface area (Å²) < 4.78 is 9.92. The second-order valence-corrected chi connectivity index (χ2v) is 9.78. The van der Waals surface area contributed by atoms with Crippen molar-refractivity contribution in [1.82, 2.24) is 19.8 Å². The summed E-state index contributed by atoms with van der Waals surface area (Å²) in [6.07, 6.45) is -1.41. The van der Waals surface area contributed by atoms with E-state index in [1.807, 2.05) is 0 Å². The summed E-state index contributed by atoms with van der Waals surface area (Å²) >= 11 is 36.3. The number of rotatable bonds is 1. The maximum Gasteiger partial charge on any atom is 0.515 e. The van der Waals surface area contributed by atoms with E-state index in [0.717, 1.165) is 23.3 Å². The summed E-state index contributed by atoms with van der Waals surface area (Å²) in [5.74, 6) is 0. The van der Waals surface area contributed by atoms with Crippen LogP contribution in [0, 0.1) is 0 Å². The van der Waals surface area contributed by atoms with E-state index in [1.165, 1.54) is 0 Å². The second-order valence-electron chi connectivity index (χ2n) is 5.06. The number of anilines is 1. The topological polar surface area (TPSA) is 111 Å². The molecule has 0 atom stereocenters. The van der Waals surface area contributed by atoms with Crippen molar-refractivity contribution in [3.05, 3.63) is 21.7 Å². The molecule has 0 bridgehead atoms. The summed E-state index contributed by atoms with van der Waals surface area (Å²) in [6.45, 7) is 2.84. The predicted molar refractivity (Wildman–Crippen MR) is 110 cm³/mol. The zero-order valence-electron chi connectivity index (χ0n) is 13.9. The van der Waals surface area contributed by atoms with Gasteiger partial charge in [0.05, 0.1) is 18.9 Å². The third kappa shape index (κ3) is 8.22. The Balaban J connectivity index is 0.000000223. The van der Waals surface area contributed by atoms with E-state index in [1.54, 1.807) is 6.07 Å². The molecule has 17 heteroatoms. The van der Waals surface area contributed by atoms with Gasteiger partial charge in [0.2, 0.25) is 0 Å². The number of ether oxygens (including phenoxy) is 3. The number of halogens is 7. The van der Waals surface area contributed by atoms with Crippen LogP contribution < -0.4 is 10.6 Å². The molecular weight excluding hydrogens is 542 g/mol. The lowest BCUT2D eigenvalue weighted by Crippen LogP contribution is -2.36. The molecule has 29 heavy (non-hydrogen) atoms. The molecule has 1 aliphatic heterocycles. The summed E-state index contributed by atoms with van der Waals surface area (Å²) in [6, 6.07) is 1.75. The Hall–Kier alpha value is -0.590. The third-order valence-electron chi connectivity index (χ3n) is 3.09. The van der Waals surface area contributed by atoms with Crippen LogP contribution in [0.1, 0.15) is 0 Å². The minimum atomic E-state index is -2.24. The van der Waals surface area contributed by atoms with Gasteiger partial charge in [-0.2, -0.15) is 9.61 Å². The maximum atomic E-state index is 11.3. The van der Waals surface area contributed by atoms with E-state index in [2.05, 4.69) is 29.7 Å². The van der Waals surface area contributed by atoms with Crippen LogP contribution in [0.3, 0.4) is 0 Å². The zero-order valence-corrected chi connectivity index (χ0v) is 19.2. The first kappa shape index (κ1) is 24.7. The highest BCUT2D eigenvalue weighted by molar-refractivity contribution is 6.67. The molecule has 3 heterocycles. The van der Waals surface area contributed by atoms with E-state index in [4.69, 9.17) is 85.9 Å². The van der Waals surface area contributed by atoms with Crippen molar-refractivity contribution in [3.8, 4) is 0 Å².